The lowest BCUT2D eigenvalue weighted by molar-refractivity contribution is -0.151. The molecule has 0 aliphatic carbocycles. The van der Waals surface area contributed by atoms with Crippen LogP contribution in [0.4, 0.5) is 0 Å². The van der Waals surface area contributed by atoms with Crippen LogP contribution < -0.4 is 5.32 Å². The summed E-state index contributed by atoms with van der Waals surface area (Å²) in [5.74, 6) is -3.42. The van der Waals surface area contributed by atoms with Gasteiger partial charge in [0.1, 0.15) is 18.2 Å². The number of carbonyl (C=O) groups is 4. The Morgan fingerprint density at radius 1 is 1.00 bits per heavy atom. The second kappa shape index (κ2) is 14.5. The highest BCUT2D eigenvalue weighted by Crippen LogP contribution is 2.56. The second-order valence-electron chi connectivity index (χ2n) is 13.3. The predicted molar refractivity (Wildman–Crippen MR) is 178 cm³/mol. The van der Waals surface area contributed by atoms with E-state index in [0.29, 0.717) is 12.8 Å². The van der Waals surface area contributed by atoms with E-state index in [2.05, 4.69) is 12.2 Å². The molecule has 48 heavy (non-hydrogen) atoms. The molecule has 10 nitrogen and oxygen atoms in total. The molecule has 3 amide bonds. The Labute approximate surface area is 281 Å². The number of carbonyl (C=O) groups excluding carboxylic acids is 4. The van der Waals surface area contributed by atoms with E-state index in [1.807, 2.05) is 79.7 Å². The molecule has 6 rings (SSSR count). The Balaban J connectivity index is 1.44. The molecule has 2 N–H and O–H groups in total. The molecule has 4 aliphatic heterocycles. The third-order valence-corrected chi connectivity index (χ3v) is 10.2. The number of allylic oxidation sites excluding steroid dienone is 1. The molecular formula is C38H45N3O7. The molecule has 2 saturated heterocycles. The van der Waals surface area contributed by atoms with Crippen LogP contribution in [0.5, 0.6) is 0 Å². The van der Waals surface area contributed by atoms with E-state index < -0.39 is 59.5 Å². The zero-order chi connectivity index (χ0) is 33.8. The van der Waals surface area contributed by atoms with Crippen molar-refractivity contribution in [2.75, 3.05) is 19.8 Å². The molecule has 10 heteroatoms. The quantitative estimate of drug-likeness (QED) is 0.330. The number of nitrogens with zero attached hydrogens (tertiary/aromatic N) is 2. The number of nitrogens with one attached hydrogen (secondary N) is 1. The van der Waals surface area contributed by atoms with Crippen molar-refractivity contribution in [3.63, 3.8) is 0 Å². The summed E-state index contributed by atoms with van der Waals surface area (Å²) in [5, 5.41) is 13.9. The van der Waals surface area contributed by atoms with E-state index in [0.717, 1.165) is 24.0 Å². The Morgan fingerprint density at radius 3 is 2.44 bits per heavy atom. The van der Waals surface area contributed by atoms with Gasteiger partial charge in [0.15, 0.2) is 0 Å². The number of cyclic esters (lactones) is 1. The topological polar surface area (TPSA) is 125 Å². The van der Waals surface area contributed by atoms with E-state index in [1.165, 1.54) is 4.90 Å². The van der Waals surface area contributed by atoms with Gasteiger partial charge in [-0.1, -0.05) is 98.3 Å². The van der Waals surface area contributed by atoms with E-state index in [-0.39, 0.29) is 38.1 Å². The smallest absolute Gasteiger partial charge is 0.306 e. The van der Waals surface area contributed by atoms with Gasteiger partial charge in [-0.3, -0.25) is 19.2 Å². The summed E-state index contributed by atoms with van der Waals surface area (Å²) in [6.07, 6.45) is 9.09. The molecule has 5 bridgehead atoms. The first kappa shape index (κ1) is 33.6. The highest BCUT2D eigenvalue weighted by atomic mass is 16.5. The average Bonchev–Trinajstić information content (AvgIpc) is 3.74. The number of rotatable bonds is 8. The summed E-state index contributed by atoms with van der Waals surface area (Å²) in [6.45, 7) is 3.87. The normalized spacial score (nSPS) is 30.9. The molecule has 2 aromatic carbocycles. The number of amides is 3. The van der Waals surface area contributed by atoms with E-state index in [1.54, 1.807) is 17.1 Å². The van der Waals surface area contributed by atoms with Crippen LogP contribution in [0.3, 0.4) is 0 Å². The number of aliphatic hydroxyl groups excluding tert-OH is 1. The number of fused-ring (bicyclic) bond motifs is 2. The van der Waals surface area contributed by atoms with Crippen LogP contribution in [0.2, 0.25) is 0 Å². The highest BCUT2D eigenvalue weighted by Gasteiger charge is 2.73. The van der Waals surface area contributed by atoms with Gasteiger partial charge in [0.2, 0.25) is 17.7 Å². The van der Waals surface area contributed by atoms with Crippen molar-refractivity contribution in [3.8, 4) is 0 Å². The van der Waals surface area contributed by atoms with Crippen LogP contribution in [-0.4, -0.2) is 88.2 Å². The lowest BCUT2D eigenvalue weighted by Gasteiger charge is -2.40. The number of likely N-dealkylation sites (tertiary alicyclic amines) is 1. The molecule has 0 saturated carbocycles. The predicted octanol–water partition coefficient (Wildman–Crippen LogP) is 3.51. The number of aliphatic hydroxyl groups is 1. The Morgan fingerprint density at radius 2 is 1.73 bits per heavy atom. The number of benzene rings is 2. The minimum atomic E-state index is -1.39. The van der Waals surface area contributed by atoms with Crippen molar-refractivity contribution in [2.24, 2.45) is 11.8 Å². The van der Waals surface area contributed by atoms with Gasteiger partial charge in [-0.2, -0.15) is 0 Å². The van der Waals surface area contributed by atoms with Gasteiger partial charge in [-0.05, 0) is 37.3 Å². The van der Waals surface area contributed by atoms with Crippen molar-refractivity contribution in [1.82, 2.24) is 15.1 Å². The van der Waals surface area contributed by atoms with Gasteiger partial charge in [-0.15, -0.1) is 0 Å². The van der Waals surface area contributed by atoms with Crippen molar-refractivity contribution < 1.29 is 33.8 Å². The van der Waals surface area contributed by atoms with Gasteiger partial charge >= 0.3 is 5.97 Å². The first-order valence-corrected chi connectivity index (χ1v) is 17.1. The number of esters is 1. The lowest BCUT2D eigenvalue weighted by atomic mass is 9.74. The zero-order valence-electron chi connectivity index (χ0n) is 27.6. The van der Waals surface area contributed by atoms with Gasteiger partial charge in [-0.25, -0.2) is 0 Å². The standard InChI is InChI=1S/C38H45N3O7/c1-3-13-25(2)40-21-12-6-11-18-31(43)47-24-29(27-16-9-5-10-17-27)39-35(44)32-30-19-20-38(48-30)33(32)36(45)41(34(38)37(40)46)28(23-42)22-26-14-7-4-8-15-26/h4-10,12,14-17,19-20,25,28-30,32-34,42H,3,11,13,18,21-24H2,1-2H3,(H,39,44)/b12-6-/t25?,28-,29+,30+,32-,33-,34+,38-/m1/s1. The SMILES string of the molecule is CCCC(C)N1C/C=C\CCC(=O)OC[C@@H](c2ccccc2)NC(=O)[C@@H]2[C@@H]3C=C[C@]4(O3)[C@H](C1=O)N([C@@H](CO)Cc1ccccc1)C(=O)[C@@H]24. The van der Waals surface area contributed by atoms with E-state index in [9.17, 15) is 24.3 Å². The summed E-state index contributed by atoms with van der Waals surface area (Å²) in [6, 6.07) is 16.2. The van der Waals surface area contributed by atoms with Crippen LogP contribution in [0, 0.1) is 11.8 Å². The highest BCUT2D eigenvalue weighted by molar-refractivity contribution is 6.00. The van der Waals surface area contributed by atoms with E-state index in [4.69, 9.17) is 9.47 Å². The first-order chi connectivity index (χ1) is 23.3. The Hall–Kier alpha value is -4.28. The molecule has 8 atom stereocenters. The molecule has 0 radical (unpaired) electrons. The zero-order valence-corrected chi connectivity index (χ0v) is 27.6. The molecule has 1 unspecified atom stereocenters. The van der Waals surface area contributed by atoms with Crippen molar-refractivity contribution in [1.29, 1.82) is 0 Å². The fourth-order valence-corrected chi connectivity index (χ4v) is 7.87. The molecular weight excluding hydrogens is 610 g/mol. The van der Waals surface area contributed by atoms with E-state index >= 15 is 0 Å². The number of ether oxygens (including phenoxy) is 2. The van der Waals surface area contributed by atoms with Gasteiger partial charge in [0.25, 0.3) is 0 Å². The van der Waals surface area contributed by atoms with Crippen LogP contribution >= 0.6 is 0 Å². The molecule has 2 fully saturated rings. The molecule has 4 heterocycles. The molecule has 0 aromatic heterocycles. The van der Waals surface area contributed by atoms with Gasteiger partial charge in [0.05, 0.1) is 36.6 Å². The molecule has 2 aromatic rings. The monoisotopic (exact) mass is 655 g/mol. The minimum Gasteiger partial charge on any atom is -0.463 e. The maximum absolute atomic E-state index is 15.0. The average molecular weight is 656 g/mol. The van der Waals surface area contributed by atoms with Crippen LogP contribution in [0.25, 0.3) is 0 Å². The fourth-order valence-electron chi connectivity index (χ4n) is 7.87. The largest absolute Gasteiger partial charge is 0.463 e. The van der Waals surface area contributed by atoms with Gasteiger partial charge < -0.3 is 29.7 Å². The lowest BCUT2D eigenvalue weighted by Crippen LogP contribution is -2.60. The van der Waals surface area contributed by atoms with Crippen LogP contribution in [0.1, 0.15) is 56.7 Å². The first-order valence-electron chi connectivity index (χ1n) is 17.1. The minimum absolute atomic E-state index is 0.0741. The summed E-state index contributed by atoms with van der Waals surface area (Å²) in [4.78, 5) is 60.0. The summed E-state index contributed by atoms with van der Waals surface area (Å²) in [7, 11) is 0. The Bertz CT molecular complexity index is 1550. The third kappa shape index (κ3) is 6.31. The second-order valence-corrected chi connectivity index (χ2v) is 13.3. The molecule has 254 valence electrons. The Kier molecular flexibility index (Phi) is 10.1. The molecule has 1 spiro atoms. The molecule has 4 aliphatic rings. The maximum Gasteiger partial charge on any atom is 0.306 e. The fraction of sp³-hybridized carbons (Fsp3) is 0.474. The maximum atomic E-state index is 15.0. The summed E-state index contributed by atoms with van der Waals surface area (Å²) >= 11 is 0. The third-order valence-electron chi connectivity index (χ3n) is 10.2. The van der Waals surface area contributed by atoms with Crippen LogP contribution in [-0.2, 0) is 35.1 Å². The van der Waals surface area contributed by atoms with Gasteiger partial charge in [0, 0.05) is 19.0 Å². The summed E-state index contributed by atoms with van der Waals surface area (Å²) < 4.78 is 12.3. The van der Waals surface area contributed by atoms with Crippen molar-refractivity contribution in [2.45, 2.75) is 81.8 Å². The number of hydrogen-bond donors (Lipinski definition) is 2. The van der Waals surface area contributed by atoms with Crippen molar-refractivity contribution >= 4 is 23.7 Å². The van der Waals surface area contributed by atoms with Crippen molar-refractivity contribution in [3.05, 3.63) is 96.1 Å². The number of hydrogen-bond acceptors (Lipinski definition) is 7. The summed E-state index contributed by atoms with van der Waals surface area (Å²) in [5.41, 5.74) is 0.276. The van der Waals surface area contributed by atoms with Crippen LogP contribution in [0.15, 0.2) is 85.0 Å².